The molecule has 2 aromatic carbocycles. The number of halogens is 2. The molecule has 6 nitrogen and oxygen atoms in total. The Morgan fingerprint density at radius 2 is 2.07 bits per heavy atom. The van der Waals surface area contributed by atoms with E-state index < -0.39 is 29.4 Å². The second-order valence-corrected chi connectivity index (χ2v) is 7.96. The van der Waals surface area contributed by atoms with Gasteiger partial charge in [0.1, 0.15) is 24.7 Å². The van der Waals surface area contributed by atoms with Crippen LogP contribution in [0.1, 0.15) is 5.56 Å². The topological polar surface area (TPSA) is 75.7 Å². The Bertz CT molecular complexity index is 1060. The van der Waals surface area contributed by atoms with E-state index in [2.05, 4.69) is 27.8 Å². The summed E-state index contributed by atoms with van der Waals surface area (Å²) in [6.07, 6.45) is 3.19. The third-order valence-electron chi connectivity index (χ3n) is 3.89. The van der Waals surface area contributed by atoms with Crippen molar-refractivity contribution in [1.82, 2.24) is 4.90 Å². The van der Waals surface area contributed by atoms with E-state index in [1.54, 1.807) is 30.4 Å². The SMILES string of the molecule is C=CCOc1ccc(/C=C2/SC(=O)N(CC(=O)Nc3cccc(F)c3)C2=O)cc1Br. The molecule has 0 aliphatic carbocycles. The van der Waals surface area contributed by atoms with E-state index in [4.69, 9.17) is 4.74 Å². The van der Waals surface area contributed by atoms with Gasteiger partial charge in [0.15, 0.2) is 0 Å². The molecule has 1 fully saturated rings. The number of rotatable bonds is 7. The smallest absolute Gasteiger partial charge is 0.294 e. The number of hydrogen-bond acceptors (Lipinski definition) is 5. The quantitative estimate of drug-likeness (QED) is 0.444. The predicted molar refractivity (Wildman–Crippen MR) is 118 cm³/mol. The zero-order valence-corrected chi connectivity index (χ0v) is 18.0. The lowest BCUT2D eigenvalue weighted by Gasteiger charge is -2.12. The van der Waals surface area contributed by atoms with Crippen LogP contribution in [-0.4, -0.2) is 35.1 Å². The highest BCUT2D eigenvalue weighted by atomic mass is 79.9. The minimum absolute atomic E-state index is 0.199. The summed E-state index contributed by atoms with van der Waals surface area (Å²) < 4.78 is 19.4. The van der Waals surface area contributed by atoms with Crippen molar-refractivity contribution in [1.29, 1.82) is 0 Å². The van der Waals surface area contributed by atoms with E-state index in [1.165, 1.54) is 18.2 Å². The molecular weight excluding hydrogens is 475 g/mol. The molecule has 1 saturated heterocycles. The number of ether oxygens (including phenoxy) is 1. The van der Waals surface area contributed by atoms with Crippen LogP contribution >= 0.6 is 27.7 Å². The number of amides is 3. The Balaban J connectivity index is 1.68. The summed E-state index contributed by atoms with van der Waals surface area (Å²) in [5.74, 6) is -1.05. The van der Waals surface area contributed by atoms with Crippen LogP contribution in [0.15, 0.2) is 64.5 Å². The van der Waals surface area contributed by atoms with Crippen LogP contribution in [0.4, 0.5) is 14.9 Å². The molecule has 1 aliphatic rings. The van der Waals surface area contributed by atoms with Gasteiger partial charge in [-0.05, 0) is 69.7 Å². The number of thioether (sulfide) groups is 1. The van der Waals surface area contributed by atoms with E-state index in [0.717, 1.165) is 22.7 Å². The van der Waals surface area contributed by atoms with Crippen LogP contribution in [0.5, 0.6) is 5.75 Å². The number of nitrogens with one attached hydrogen (secondary N) is 1. The van der Waals surface area contributed by atoms with Gasteiger partial charge in [-0.3, -0.25) is 19.3 Å². The first kappa shape index (κ1) is 21.8. The average molecular weight is 491 g/mol. The van der Waals surface area contributed by atoms with Crippen molar-refractivity contribution in [3.63, 3.8) is 0 Å². The zero-order valence-electron chi connectivity index (χ0n) is 15.6. The Morgan fingerprint density at radius 1 is 1.27 bits per heavy atom. The predicted octanol–water partition coefficient (Wildman–Crippen LogP) is 4.83. The first-order valence-corrected chi connectivity index (χ1v) is 10.3. The fourth-order valence-electron chi connectivity index (χ4n) is 2.57. The van der Waals surface area contributed by atoms with Gasteiger partial charge in [0, 0.05) is 5.69 Å². The molecule has 0 unspecified atom stereocenters. The van der Waals surface area contributed by atoms with Crippen LogP contribution in [0.2, 0.25) is 0 Å². The van der Waals surface area contributed by atoms with Gasteiger partial charge in [-0.2, -0.15) is 0 Å². The summed E-state index contributed by atoms with van der Waals surface area (Å²) in [6, 6.07) is 10.6. The maximum absolute atomic E-state index is 13.2. The van der Waals surface area contributed by atoms with E-state index in [0.29, 0.717) is 22.4 Å². The standard InChI is InChI=1S/C21H16BrFN2O4S/c1-2-8-29-17-7-6-13(9-16(17)22)10-18-20(27)25(21(28)30-18)12-19(26)24-15-5-3-4-14(23)11-15/h2-7,9-11H,1,8,12H2,(H,24,26)/b18-10+. The highest BCUT2D eigenvalue weighted by Crippen LogP contribution is 2.33. The van der Waals surface area contributed by atoms with E-state index >= 15 is 0 Å². The summed E-state index contributed by atoms with van der Waals surface area (Å²) in [5, 5.41) is 1.91. The maximum atomic E-state index is 13.2. The number of hydrogen-bond donors (Lipinski definition) is 1. The number of benzene rings is 2. The van der Waals surface area contributed by atoms with Crippen molar-refractivity contribution in [2.45, 2.75) is 0 Å². The maximum Gasteiger partial charge on any atom is 0.294 e. The Hall–Kier alpha value is -2.91. The normalized spacial score (nSPS) is 14.9. The van der Waals surface area contributed by atoms with E-state index in [9.17, 15) is 18.8 Å². The van der Waals surface area contributed by atoms with Crippen molar-refractivity contribution in [3.8, 4) is 5.75 Å². The molecule has 0 saturated carbocycles. The number of carbonyl (C=O) groups is 3. The summed E-state index contributed by atoms with van der Waals surface area (Å²) in [5.41, 5.74) is 0.925. The molecule has 1 aliphatic heterocycles. The van der Waals surface area contributed by atoms with Gasteiger partial charge in [0.25, 0.3) is 11.1 Å². The molecule has 0 atom stereocenters. The van der Waals surface area contributed by atoms with Crippen LogP contribution in [-0.2, 0) is 9.59 Å². The van der Waals surface area contributed by atoms with Crippen LogP contribution in [0.25, 0.3) is 6.08 Å². The fraction of sp³-hybridized carbons (Fsp3) is 0.0952. The summed E-state index contributed by atoms with van der Waals surface area (Å²) >= 11 is 4.15. The van der Waals surface area contributed by atoms with Crippen molar-refractivity contribution < 1.29 is 23.5 Å². The molecule has 3 amide bonds. The third kappa shape index (κ3) is 5.37. The largest absolute Gasteiger partial charge is 0.488 e. The minimum Gasteiger partial charge on any atom is -0.488 e. The molecule has 9 heteroatoms. The third-order valence-corrected chi connectivity index (χ3v) is 5.42. The van der Waals surface area contributed by atoms with Crippen molar-refractivity contribution in [2.75, 3.05) is 18.5 Å². The lowest BCUT2D eigenvalue weighted by molar-refractivity contribution is -0.127. The van der Waals surface area contributed by atoms with Crippen molar-refractivity contribution >= 4 is 56.5 Å². The molecule has 0 aromatic heterocycles. The second-order valence-electron chi connectivity index (χ2n) is 6.12. The summed E-state index contributed by atoms with van der Waals surface area (Å²) in [4.78, 5) is 38.0. The lowest BCUT2D eigenvalue weighted by Crippen LogP contribution is -2.36. The van der Waals surface area contributed by atoms with Crippen LogP contribution < -0.4 is 10.1 Å². The number of imide groups is 1. The van der Waals surface area contributed by atoms with Gasteiger partial charge >= 0.3 is 0 Å². The highest BCUT2D eigenvalue weighted by Gasteiger charge is 2.36. The fourth-order valence-corrected chi connectivity index (χ4v) is 3.92. The minimum atomic E-state index is -0.601. The monoisotopic (exact) mass is 490 g/mol. The summed E-state index contributed by atoms with van der Waals surface area (Å²) in [7, 11) is 0. The van der Waals surface area contributed by atoms with Crippen molar-refractivity contribution in [3.05, 3.63) is 75.9 Å². The Kier molecular flexibility index (Phi) is 7.07. The molecule has 1 N–H and O–H groups in total. The second kappa shape index (κ2) is 9.73. The van der Waals surface area contributed by atoms with Gasteiger partial charge in [-0.1, -0.05) is 24.8 Å². The van der Waals surface area contributed by atoms with Crippen LogP contribution in [0, 0.1) is 5.82 Å². The Labute approximate surface area is 184 Å². The Morgan fingerprint density at radius 3 is 2.77 bits per heavy atom. The first-order valence-electron chi connectivity index (χ1n) is 8.71. The van der Waals surface area contributed by atoms with Crippen LogP contribution in [0.3, 0.4) is 0 Å². The van der Waals surface area contributed by atoms with Gasteiger partial charge in [-0.25, -0.2) is 4.39 Å². The molecule has 154 valence electrons. The van der Waals surface area contributed by atoms with E-state index in [1.807, 2.05) is 0 Å². The summed E-state index contributed by atoms with van der Waals surface area (Å²) in [6.45, 7) is 3.48. The van der Waals surface area contributed by atoms with Gasteiger partial charge in [-0.15, -0.1) is 0 Å². The molecule has 0 spiro atoms. The molecule has 3 rings (SSSR count). The molecule has 2 aromatic rings. The number of nitrogens with zero attached hydrogens (tertiary/aromatic N) is 1. The first-order chi connectivity index (χ1) is 14.4. The number of carbonyl (C=O) groups excluding carboxylic acids is 3. The van der Waals surface area contributed by atoms with Gasteiger partial charge in [0.2, 0.25) is 5.91 Å². The molecule has 0 bridgehead atoms. The number of anilines is 1. The zero-order chi connectivity index (χ0) is 21.7. The highest BCUT2D eigenvalue weighted by molar-refractivity contribution is 9.10. The average Bonchev–Trinajstić information content (AvgIpc) is 2.95. The van der Waals surface area contributed by atoms with E-state index in [-0.39, 0.29) is 10.6 Å². The van der Waals surface area contributed by atoms with Crippen molar-refractivity contribution in [2.24, 2.45) is 0 Å². The molecule has 1 heterocycles. The lowest BCUT2D eigenvalue weighted by atomic mass is 10.2. The molecule has 30 heavy (non-hydrogen) atoms. The van der Waals surface area contributed by atoms with Gasteiger partial charge < -0.3 is 10.1 Å². The molecular formula is C21H16BrFN2O4S. The van der Waals surface area contributed by atoms with Gasteiger partial charge in [0.05, 0.1) is 9.38 Å². The molecule has 0 radical (unpaired) electrons.